The maximum atomic E-state index is 13.5. The number of aliphatic carboxylic acids is 1. The first-order chi connectivity index (χ1) is 14.7. The average Bonchev–Trinajstić information content (AvgIpc) is 3.12. The van der Waals surface area contributed by atoms with Gasteiger partial charge in [-0.1, -0.05) is 23.7 Å². The van der Waals surface area contributed by atoms with E-state index >= 15 is 0 Å². The Morgan fingerprint density at radius 2 is 1.87 bits per heavy atom. The van der Waals surface area contributed by atoms with Crippen molar-refractivity contribution >= 4 is 29.3 Å². The molecule has 31 heavy (non-hydrogen) atoms. The fourth-order valence-electron chi connectivity index (χ4n) is 4.14. The predicted molar refractivity (Wildman–Crippen MR) is 108 cm³/mol. The van der Waals surface area contributed by atoms with Gasteiger partial charge < -0.3 is 10.0 Å². The first-order valence-electron chi connectivity index (χ1n) is 9.87. The molecule has 10 heteroatoms. The fraction of sp³-hybridized carbons (Fsp3) is 0.381. The summed E-state index contributed by atoms with van der Waals surface area (Å²) in [6.07, 6.45) is 0.0116. The minimum Gasteiger partial charge on any atom is -0.478 e. The van der Waals surface area contributed by atoms with Crippen LogP contribution in [0, 0.1) is 0 Å². The number of hydrogen-bond donors (Lipinski definition) is 1. The van der Waals surface area contributed by atoms with Crippen molar-refractivity contribution in [2.75, 3.05) is 18.0 Å². The average molecular weight is 454 g/mol. The van der Waals surface area contributed by atoms with E-state index in [1.54, 1.807) is 6.08 Å². The summed E-state index contributed by atoms with van der Waals surface area (Å²) in [5.41, 5.74) is 0.00983. The molecule has 2 aliphatic rings. The molecule has 2 heterocycles. The molecule has 1 aliphatic carbocycles. The van der Waals surface area contributed by atoms with Gasteiger partial charge in [0, 0.05) is 24.2 Å². The summed E-state index contributed by atoms with van der Waals surface area (Å²) in [7, 11) is 0. The number of halogens is 4. The summed E-state index contributed by atoms with van der Waals surface area (Å²) in [6.45, 7) is 0.703. The molecule has 1 aromatic heterocycles. The second kappa shape index (κ2) is 8.03. The van der Waals surface area contributed by atoms with Gasteiger partial charge in [-0.15, -0.1) is 5.10 Å². The van der Waals surface area contributed by atoms with Gasteiger partial charge in [-0.25, -0.2) is 4.79 Å². The number of anilines is 1. The van der Waals surface area contributed by atoms with E-state index < -0.39 is 29.2 Å². The second-order valence-electron chi connectivity index (χ2n) is 7.56. The van der Waals surface area contributed by atoms with Crippen LogP contribution in [-0.4, -0.2) is 39.9 Å². The van der Waals surface area contributed by atoms with Crippen molar-refractivity contribution < 1.29 is 27.9 Å². The van der Waals surface area contributed by atoms with Crippen molar-refractivity contribution in [1.29, 1.82) is 0 Å². The number of carbonyl (C=O) groups is 2. The van der Waals surface area contributed by atoms with E-state index in [4.69, 9.17) is 16.7 Å². The Morgan fingerprint density at radius 1 is 1.13 bits per heavy atom. The summed E-state index contributed by atoms with van der Waals surface area (Å²) in [5, 5.41) is 13.3. The molecule has 0 fully saturated rings. The van der Waals surface area contributed by atoms with Crippen LogP contribution in [0.25, 0.3) is 0 Å². The topological polar surface area (TPSA) is 75.4 Å². The molecule has 0 bridgehead atoms. The van der Waals surface area contributed by atoms with Crippen molar-refractivity contribution in [1.82, 2.24) is 9.78 Å². The van der Waals surface area contributed by atoms with Gasteiger partial charge in [0.05, 0.1) is 21.8 Å². The number of hydrogen-bond acceptors (Lipinski definition) is 4. The van der Waals surface area contributed by atoms with Crippen molar-refractivity contribution in [2.45, 2.75) is 38.3 Å². The van der Waals surface area contributed by atoms with E-state index in [0.717, 1.165) is 35.2 Å². The molecule has 4 rings (SSSR count). The highest BCUT2D eigenvalue weighted by Gasteiger charge is 2.38. The van der Waals surface area contributed by atoms with Crippen LogP contribution >= 0.6 is 11.6 Å². The quantitative estimate of drug-likeness (QED) is 0.748. The van der Waals surface area contributed by atoms with Crippen LogP contribution in [-0.2, 0) is 23.8 Å². The molecule has 0 saturated heterocycles. The Labute approximate surface area is 180 Å². The SMILES string of the molecule is O=C(O)C1=CCN(c2nn(C(=O)c3c(Cl)cccc3C(F)(F)F)c3c2CCCC3)CC1. The number of benzene rings is 1. The van der Waals surface area contributed by atoms with E-state index in [1.807, 2.05) is 4.90 Å². The Kier molecular flexibility index (Phi) is 5.55. The van der Waals surface area contributed by atoms with Crippen LogP contribution in [0.3, 0.4) is 0 Å². The monoisotopic (exact) mass is 453 g/mol. The molecule has 0 radical (unpaired) electrons. The number of nitrogens with zero attached hydrogens (tertiary/aromatic N) is 3. The highest BCUT2D eigenvalue weighted by molar-refractivity contribution is 6.34. The normalized spacial score (nSPS) is 16.6. The molecule has 0 atom stereocenters. The van der Waals surface area contributed by atoms with Crippen LogP contribution in [0.4, 0.5) is 19.0 Å². The van der Waals surface area contributed by atoms with Crippen LogP contribution in [0.15, 0.2) is 29.8 Å². The number of aromatic nitrogens is 2. The van der Waals surface area contributed by atoms with Crippen LogP contribution in [0.1, 0.15) is 46.4 Å². The molecule has 0 unspecified atom stereocenters. The molecular weight excluding hydrogens is 435 g/mol. The molecule has 2 aromatic rings. The lowest BCUT2D eigenvalue weighted by molar-refractivity contribution is -0.138. The summed E-state index contributed by atoms with van der Waals surface area (Å²) < 4.78 is 41.7. The van der Waals surface area contributed by atoms with Gasteiger partial charge in [-0.3, -0.25) is 4.79 Å². The third kappa shape index (κ3) is 3.94. The zero-order chi connectivity index (χ0) is 22.3. The number of fused-ring (bicyclic) bond motifs is 1. The molecule has 0 spiro atoms. The lowest BCUT2D eigenvalue weighted by Crippen LogP contribution is -2.31. The van der Waals surface area contributed by atoms with Gasteiger partial charge in [-0.2, -0.15) is 17.9 Å². The highest BCUT2D eigenvalue weighted by atomic mass is 35.5. The summed E-state index contributed by atoms with van der Waals surface area (Å²) in [6, 6.07) is 3.24. The maximum Gasteiger partial charge on any atom is 0.417 e. The van der Waals surface area contributed by atoms with Gasteiger partial charge >= 0.3 is 12.1 Å². The van der Waals surface area contributed by atoms with Gasteiger partial charge in [0.1, 0.15) is 0 Å². The third-order valence-corrected chi connectivity index (χ3v) is 5.98. The van der Waals surface area contributed by atoms with E-state index in [9.17, 15) is 22.8 Å². The van der Waals surface area contributed by atoms with Crippen LogP contribution < -0.4 is 4.90 Å². The van der Waals surface area contributed by atoms with Crippen molar-refractivity contribution in [3.05, 3.63) is 57.3 Å². The largest absolute Gasteiger partial charge is 0.478 e. The minimum absolute atomic E-state index is 0.284. The second-order valence-corrected chi connectivity index (χ2v) is 7.97. The fourth-order valence-corrected chi connectivity index (χ4v) is 4.40. The van der Waals surface area contributed by atoms with E-state index in [-0.39, 0.29) is 5.02 Å². The van der Waals surface area contributed by atoms with E-state index in [1.165, 1.54) is 6.07 Å². The molecule has 0 saturated carbocycles. The van der Waals surface area contributed by atoms with Crippen molar-refractivity contribution in [3.8, 4) is 0 Å². The molecule has 164 valence electrons. The van der Waals surface area contributed by atoms with Crippen LogP contribution in [0.2, 0.25) is 5.02 Å². The van der Waals surface area contributed by atoms with Gasteiger partial charge in [-0.05, 0) is 44.2 Å². The maximum absolute atomic E-state index is 13.5. The number of carboxylic acid groups (broad SMARTS) is 1. The molecular formula is C21H19ClF3N3O3. The Morgan fingerprint density at radius 3 is 2.52 bits per heavy atom. The smallest absolute Gasteiger partial charge is 0.417 e. The van der Waals surface area contributed by atoms with E-state index in [2.05, 4.69) is 5.10 Å². The summed E-state index contributed by atoms with van der Waals surface area (Å²) in [4.78, 5) is 26.3. The van der Waals surface area contributed by atoms with Crippen molar-refractivity contribution in [3.63, 3.8) is 0 Å². The molecule has 6 nitrogen and oxygen atoms in total. The standard InChI is InChI=1S/C21H19ClF3N3O3/c22-15-6-3-5-14(21(23,24)25)17(15)19(29)28-16-7-2-1-4-13(16)18(26-28)27-10-8-12(9-11-27)20(30)31/h3,5-6,8H,1-2,4,7,9-11H2,(H,30,31). The summed E-state index contributed by atoms with van der Waals surface area (Å²) >= 11 is 6.03. The predicted octanol–water partition coefficient (Wildman–Crippen LogP) is 4.34. The first-order valence-corrected chi connectivity index (χ1v) is 10.2. The zero-order valence-corrected chi connectivity index (χ0v) is 17.1. The Bertz CT molecular complexity index is 1090. The van der Waals surface area contributed by atoms with Crippen LogP contribution in [0.5, 0.6) is 0 Å². The number of carboxylic acids is 1. The van der Waals surface area contributed by atoms with Gasteiger partial charge in [0.2, 0.25) is 0 Å². The first kappa shape index (κ1) is 21.4. The Balaban J connectivity index is 1.78. The zero-order valence-electron chi connectivity index (χ0n) is 16.4. The highest BCUT2D eigenvalue weighted by Crippen LogP contribution is 2.37. The minimum atomic E-state index is -4.74. The number of rotatable bonds is 3. The molecule has 1 aromatic carbocycles. The van der Waals surface area contributed by atoms with Crippen molar-refractivity contribution in [2.24, 2.45) is 0 Å². The molecule has 1 N–H and O–H groups in total. The number of alkyl halides is 3. The Hall–Kier alpha value is -2.81. The lowest BCUT2D eigenvalue weighted by atomic mass is 9.96. The van der Waals surface area contributed by atoms with Gasteiger partial charge in [0.15, 0.2) is 5.82 Å². The molecule has 1 aliphatic heterocycles. The third-order valence-electron chi connectivity index (χ3n) is 5.67. The molecule has 0 amide bonds. The lowest BCUT2D eigenvalue weighted by Gasteiger charge is -2.26. The summed E-state index contributed by atoms with van der Waals surface area (Å²) in [5.74, 6) is -1.37. The number of carbonyl (C=O) groups excluding carboxylic acids is 1. The van der Waals surface area contributed by atoms with E-state index in [0.29, 0.717) is 49.4 Å². The van der Waals surface area contributed by atoms with Gasteiger partial charge in [0.25, 0.3) is 5.91 Å².